The SMILES string of the molecule is COCCN1CCS(=O)(=O)CC1CN. The molecule has 0 aromatic rings. The second kappa shape index (κ2) is 5.06. The quantitative estimate of drug-likeness (QED) is 0.639. The van der Waals surface area contributed by atoms with E-state index in [1.165, 1.54) is 0 Å². The van der Waals surface area contributed by atoms with Crippen LogP contribution in [0, 0.1) is 0 Å². The summed E-state index contributed by atoms with van der Waals surface area (Å²) in [5.74, 6) is 0.431. The summed E-state index contributed by atoms with van der Waals surface area (Å²) in [6.45, 7) is 2.35. The average Bonchev–Trinajstić information content (AvgIpc) is 2.15. The minimum absolute atomic E-state index is 0.0381. The van der Waals surface area contributed by atoms with Crippen molar-refractivity contribution in [2.75, 3.05) is 44.9 Å². The first-order chi connectivity index (χ1) is 6.59. The van der Waals surface area contributed by atoms with Gasteiger partial charge in [-0.3, -0.25) is 4.90 Å². The molecule has 0 bridgehead atoms. The van der Waals surface area contributed by atoms with E-state index in [4.69, 9.17) is 10.5 Å². The average molecular weight is 222 g/mol. The second-order valence-electron chi connectivity index (χ2n) is 3.53. The number of ether oxygens (including phenoxy) is 1. The lowest BCUT2D eigenvalue weighted by Gasteiger charge is -2.34. The summed E-state index contributed by atoms with van der Waals surface area (Å²) in [6, 6.07) is -0.0381. The Labute approximate surface area is 85.1 Å². The van der Waals surface area contributed by atoms with Gasteiger partial charge in [-0.2, -0.15) is 0 Å². The topological polar surface area (TPSA) is 72.6 Å². The maximum Gasteiger partial charge on any atom is 0.153 e. The van der Waals surface area contributed by atoms with E-state index >= 15 is 0 Å². The van der Waals surface area contributed by atoms with E-state index < -0.39 is 9.84 Å². The van der Waals surface area contributed by atoms with Crippen LogP contribution in [0.4, 0.5) is 0 Å². The summed E-state index contributed by atoms with van der Waals surface area (Å²) in [5, 5.41) is 0. The van der Waals surface area contributed by atoms with Gasteiger partial charge in [0.25, 0.3) is 0 Å². The predicted octanol–water partition coefficient (Wildman–Crippen LogP) is -1.31. The van der Waals surface area contributed by atoms with Gasteiger partial charge in [0.1, 0.15) is 0 Å². The number of rotatable bonds is 4. The number of hydrogen-bond acceptors (Lipinski definition) is 5. The maximum absolute atomic E-state index is 11.3. The molecule has 0 aliphatic carbocycles. The zero-order chi connectivity index (χ0) is 10.6. The zero-order valence-corrected chi connectivity index (χ0v) is 9.29. The molecule has 1 unspecified atom stereocenters. The third kappa shape index (κ3) is 3.20. The monoisotopic (exact) mass is 222 g/mol. The third-order valence-electron chi connectivity index (χ3n) is 2.51. The van der Waals surface area contributed by atoms with Gasteiger partial charge in [-0.05, 0) is 0 Å². The first-order valence-corrected chi connectivity index (χ1v) is 6.54. The Morgan fingerprint density at radius 1 is 1.57 bits per heavy atom. The van der Waals surface area contributed by atoms with E-state index in [-0.39, 0.29) is 17.5 Å². The van der Waals surface area contributed by atoms with Crippen molar-refractivity contribution >= 4 is 9.84 Å². The van der Waals surface area contributed by atoms with Gasteiger partial charge in [0.2, 0.25) is 0 Å². The van der Waals surface area contributed by atoms with Crippen LogP contribution >= 0.6 is 0 Å². The number of methoxy groups -OCH3 is 1. The summed E-state index contributed by atoms with van der Waals surface area (Å²) in [4.78, 5) is 2.09. The Balaban J connectivity index is 2.52. The molecule has 5 nitrogen and oxygen atoms in total. The highest BCUT2D eigenvalue weighted by Gasteiger charge is 2.29. The molecule has 2 N–H and O–H groups in total. The highest BCUT2D eigenvalue weighted by atomic mass is 32.2. The van der Waals surface area contributed by atoms with E-state index in [9.17, 15) is 8.42 Å². The molecular formula is C8H18N2O3S. The molecule has 1 aliphatic rings. The van der Waals surface area contributed by atoms with Crippen molar-refractivity contribution in [3.05, 3.63) is 0 Å². The first-order valence-electron chi connectivity index (χ1n) is 4.72. The van der Waals surface area contributed by atoms with Crippen molar-refractivity contribution in [1.82, 2.24) is 4.90 Å². The Bertz CT molecular complexity index is 266. The molecule has 1 fully saturated rings. The van der Waals surface area contributed by atoms with Crippen molar-refractivity contribution in [1.29, 1.82) is 0 Å². The van der Waals surface area contributed by atoms with Gasteiger partial charge in [0, 0.05) is 32.8 Å². The van der Waals surface area contributed by atoms with Gasteiger partial charge in [-0.1, -0.05) is 0 Å². The van der Waals surface area contributed by atoms with Crippen LogP contribution in [0.25, 0.3) is 0 Å². The third-order valence-corrected chi connectivity index (χ3v) is 4.20. The van der Waals surface area contributed by atoms with Gasteiger partial charge in [-0.15, -0.1) is 0 Å². The molecule has 0 spiro atoms. The number of nitrogens with two attached hydrogens (primary N) is 1. The predicted molar refractivity (Wildman–Crippen MR) is 54.9 cm³/mol. The molecule has 0 aromatic carbocycles. The molecule has 0 saturated carbocycles. The van der Waals surface area contributed by atoms with Crippen molar-refractivity contribution in [3.63, 3.8) is 0 Å². The van der Waals surface area contributed by atoms with Crippen LogP contribution in [-0.4, -0.2) is 64.2 Å². The molecule has 1 rings (SSSR count). The van der Waals surface area contributed by atoms with Crippen LogP contribution in [0.1, 0.15) is 0 Å². The number of hydrogen-bond donors (Lipinski definition) is 1. The second-order valence-corrected chi connectivity index (χ2v) is 5.76. The molecule has 0 radical (unpaired) electrons. The van der Waals surface area contributed by atoms with Gasteiger partial charge in [-0.25, -0.2) is 8.42 Å². The molecule has 1 aliphatic heterocycles. The fourth-order valence-corrected chi connectivity index (χ4v) is 3.25. The van der Waals surface area contributed by atoms with Crippen LogP contribution in [0.3, 0.4) is 0 Å². The lowest BCUT2D eigenvalue weighted by molar-refractivity contribution is 0.129. The van der Waals surface area contributed by atoms with Crippen molar-refractivity contribution in [2.24, 2.45) is 5.73 Å². The van der Waals surface area contributed by atoms with Gasteiger partial charge >= 0.3 is 0 Å². The van der Waals surface area contributed by atoms with E-state index in [0.717, 1.165) is 6.54 Å². The Morgan fingerprint density at radius 3 is 2.86 bits per heavy atom. The maximum atomic E-state index is 11.3. The Hall–Kier alpha value is -0.170. The standard InChI is InChI=1S/C8H18N2O3S/c1-13-4-2-10-3-5-14(11,12)7-8(10)6-9/h8H,2-7,9H2,1H3. The van der Waals surface area contributed by atoms with Crippen molar-refractivity contribution < 1.29 is 13.2 Å². The summed E-state index contributed by atoms with van der Waals surface area (Å²) in [5.41, 5.74) is 5.54. The highest BCUT2D eigenvalue weighted by molar-refractivity contribution is 7.91. The molecule has 6 heteroatoms. The molecule has 0 aromatic heterocycles. The lowest BCUT2D eigenvalue weighted by Crippen LogP contribution is -2.52. The summed E-state index contributed by atoms with van der Waals surface area (Å²) >= 11 is 0. The fourth-order valence-electron chi connectivity index (χ4n) is 1.64. The number of nitrogens with zero attached hydrogens (tertiary/aromatic N) is 1. The Morgan fingerprint density at radius 2 is 2.29 bits per heavy atom. The summed E-state index contributed by atoms with van der Waals surface area (Å²) in [6.07, 6.45) is 0. The minimum atomic E-state index is -2.86. The Kier molecular flexibility index (Phi) is 4.31. The van der Waals surface area contributed by atoms with Crippen LogP contribution < -0.4 is 5.73 Å². The van der Waals surface area contributed by atoms with Crippen molar-refractivity contribution in [2.45, 2.75) is 6.04 Å². The molecule has 1 heterocycles. The summed E-state index contributed by atoms with van der Waals surface area (Å²) < 4.78 is 27.6. The smallest absolute Gasteiger partial charge is 0.153 e. The van der Waals surface area contributed by atoms with E-state index in [0.29, 0.717) is 19.7 Å². The summed E-state index contributed by atoms with van der Waals surface area (Å²) in [7, 11) is -1.23. The minimum Gasteiger partial charge on any atom is -0.383 e. The zero-order valence-electron chi connectivity index (χ0n) is 8.48. The fraction of sp³-hybridized carbons (Fsp3) is 1.00. The van der Waals surface area contributed by atoms with Crippen LogP contribution in [0.5, 0.6) is 0 Å². The lowest BCUT2D eigenvalue weighted by atomic mass is 10.3. The van der Waals surface area contributed by atoms with Crippen LogP contribution in [-0.2, 0) is 14.6 Å². The van der Waals surface area contributed by atoms with E-state index in [1.807, 2.05) is 0 Å². The van der Waals surface area contributed by atoms with Gasteiger partial charge in [0.05, 0.1) is 18.1 Å². The van der Waals surface area contributed by atoms with Gasteiger partial charge < -0.3 is 10.5 Å². The van der Waals surface area contributed by atoms with Crippen molar-refractivity contribution in [3.8, 4) is 0 Å². The molecule has 1 saturated heterocycles. The van der Waals surface area contributed by atoms with E-state index in [2.05, 4.69) is 4.90 Å². The number of sulfone groups is 1. The van der Waals surface area contributed by atoms with Crippen LogP contribution in [0.2, 0.25) is 0 Å². The molecular weight excluding hydrogens is 204 g/mol. The first kappa shape index (κ1) is 11.9. The van der Waals surface area contributed by atoms with E-state index in [1.54, 1.807) is 7.11 Å². The van der Waals surface area contributed by atoms with Gasteiger partial charge in [0.15, 0.2) is 9.84 Å². The largest absolute Gasteiger partial charge is 0.383 e. The molecule has 0 amide bonds. The normalized spacial score (nSPS) is 27.7. The van der Waals surface area contributed by atoms with Crippen LogP contribution in [0.15, 0.2) is 0 Å². The molecule has 14 heavy (non-hydrogen) atoms. The molecule has 1 atom stereocenters. The molecule has 84 valence electrons. The highest BCUT2D eigenvalue weighted by Crippen LogP contribution is 2.10.